The highest BCUT2D eigenvalue weighted by Gasteiger charge is 2.28. The van der Waals surface area contributed by atoms with Crippen molar-refractivity contribution < 1.29 is 27.4 Å². The first-order chi connectivity index (χ1) is 13.1. The summed E-state index contributed by atoms with van der Waals surface area (Å²) in [5, 5.41) is 0. The van der Waals surface area contributed by atoms with Crippen LogP contribution >= 0.6 is 45.7 Å². The van der Waals surface area contributed by atoms with Crippen LogP contribution in [0.25, 0.3) is 0 Å². The summed E-state index contributed by atoms with van der Waals surface area (Å²) in [5.41, 5.74) is 1.43. The summed E-state index contributed by atoms with van der Waals surface area (Å²) < 4.78 is 49.8. The first-order valence-electron chi connectivity index (χ1n) is 8.49. The number of thioether (sulfide) groups is 1. The molecular weight excluding hydrogens is 524 g/mol. The highest BCUT2D eigenvalue weighted by atomic mass is 127. The summed E-state index contributed by atoms with van der Waals surface area (Å²) in [6.07, 6.45) is -5.13. The third-order valence-corrected chi connectivity index (χ3v) is 7.70. The van der Waals surface area contributed by atoms with Gasteiger partial charge >= 0.3 is 12.1 Å². The molecule has 0 bridgehead atoms. The lowest BCUT2D eigenvalue weighted by molar-refractivity contribution is -0.129. The van der Waals surface area contributed by atoms with E-state index in [1.54, 1.807) is 19.1 Å². The molecule has 0 aliphatic rings. The highest BCUT2D eigenvalue weighted by molar-refractivity contribution is 14.1. The fourth-order valence-electron chi connectivity index (χ4n) is 2.35. The molecule has 2 aromatic rings. The second-order valence-corrected chi connectivity index (χ2v) is 9.34. The average Bonchev–Trinajstić information content (AvgIpc) is 3.08. The number of esters is 1. The summed E-state index contributed by atoms with van der Waals surface area (Å²) in [6.45, 7) is 5.88. The number of rotatable bonds is 8. The number of carbonyl (C=O) groups is 1. The van der Waals surface area contributed by atoms with Gasteiger partial charge in [-0.3, -0.25) is 0 Å². The van der Waals surface area contributed by atoms with Crippen molar-refractivity contribution >= 4 is 51.7 Å². The van der Waals surface area contributed by atoms with Crippen molar-refractivity contribution in [3.8, 4) is 5.75 Å². The van der Waals surface area contributed by atoms with E-state index in [-0.39, 0.29) is 12.4 Å². The van der Waals surface area contributed by atoms with Crippen molar-refractivity contribution in [2.75, 3.05) is 12.4 Å². The van der Waals surface area contributed by atoms with Crippen LogP contribution in [-0.2, 0) is 4.74 Å². The zero-order valence-corrected chi connectivity index (χ0v) is 19.4. The van der Waals surface area contributed by atoms with E-state index in [9.17, 15) is 18.0 Å². The number of hydrogen-bond donors (Lipinski definition) is 0. The second-order valence-electron chi connectivity index (χ2n) is 5.98. The molecule has 2 rings (SSSR count). The van der Waals surface area contributed by atoms with Crippen molar-refractivity contribution in [1.82, 2.24) is 0 Å². The predicted octanol–water partition coefficient (Wildman–Crippen LogP) is 6.91. The maximum atomic E-state index is 12.6. The normalized spacial score (nSPS) is 12.7. The monoisotopic (exact) mass is 544 g/mol. The van der Waals surface area contributed by atoms with E-state index in [1.807, 2.05) is 26.0 Å². The summed E-state index contributed by atoms with van der Waals surface area (Å²) in [4.78, 5) is 13.0. The molecule has 3 nitrogen and oxygen atoms in total. The van der Waals surface area contributed by atoms with Crippen molar-refractivity contribution in [1.29, 1.82) is 0 Å². The lowest BCUT2D eigenvalue weighted by atomic mass is 10.1. The lowest BCUT2D eigenvalue weighted by Crippen LogP contribution is -2.10. The predicted molar refractivity (Wildman–Crippen MR) is 115 cm³/mol. The van der Waals surface area contributed by atoms with Crippen LogP contribution in [-0.4, -0.2) is 24.5 Å². The summed E-state index contributed by atoms with van der Waals surface area (Å²) in [5.74, 6) is 0.00752. The quantitative estimate of drug-likeness (QED) is 0.206. The molecule has 0 saturated heterocycles. The number of halogens is 4. The number of thiophene rings is 1. The fraction of sp³-hybridized carbons (Fsp3) is 0.421. The van der Waals surface area contributed by atoms with Gasteiger partial charge in [0.2, 0.25) is 0 Å². The Morgan fingerprint density at radius 1 is 1.25 bits per heavy atom. The number of carbonyl (C=O) groups excluding carboxylic acids is 1. The number of hydrogen-bond acceptors (Lipinski definition) is 5. The van der Waals surface area contributed by atoms with Crippen LogP contribution in [0.2, 0.25) is 0 Å². The lowest BCUT2D eigenvalue weighted by Gasteiger charge is -2.19. The van der Waals surface area contributed by atoms with Gasteiger partial charge in [0.05, 0.1) is 17.9 Å². The Morgan fingerprint density at radius 2 is 1.89 bits per heavy atom. The summed E-state index contributed by atoms with van der Waals surface area (Å²) >= 11 is 4.48. The number of aryl methyl sites for hydroxylation is 2. The van der Waals surface area contributed by atoms with Gasteiger partial charge in [-0.25, -0.2) is 4.79 Å². The topological polar surface area (TPSA) is 35.5 Å². The SMILES string of the molecule is CCOC(=O)c1ccc(C(Oc2cc(C)c(I)c(C)c2)SCCC(F)(F)F)s1. The standard InChI is InChI=1S/C19H20F3IO3S2/c1-4-25-17(24)14-5-6-15(28-14)18(27-8-7-19(20,21)22)26-13-9-11(2)16(23)12(3)10-13/h5-6,9-10,18H,4,7-8H2,1-3H3. The Labute approximate surface area is 184 Å². The van der Waals surface area contributed by atoms with Crippen molar-refractivity contribution in [3.05, 3.63) is 48.7 Å². The molecular formula is C19H20F3IO3S2. The first kappa shape index (κ1) is 23.3. The van der Waals surface area contributed by atoms with Gasteiger partial charge < -0.3 is 9.47 Å². The van der Waals surface area contributed by atoms with Crippen LogP contribution in [0.5, 0.6) is 5.75 Å². The third-order valence-electron chi connectivity index (χ3n) is 3.64. The molecule has 154 valence electrons. The molecule has 1 aromatic carbocycles. The van der Waals surface area contributed by atoms with Gasteiger partial charge in [0, 0.05) is 9.32 Å². The van der Waals surface area contributed by atoms with Crippen molar-refractivity contribution in [2.45, 2.75) is 38.8 Å². The Morgan fingerprint density at radius 3 is 2.46 bits per heavy atom. The van der Waals surface area contributed by atoms with Crippen LogP contribution in [0.3, 0.4) is 0 Å². The molecule has 1 unspecified atom stereocenters. The van der Waals surface area contributed by atoms with Crippen molar-refractivity contribution in [3.63, 3.8) is 0 Å². The molecule has 1 heterocycles. The maximum absolute atomic E-state index is 12.6. The van der Waals surface area contributed by atoms with Gasteiger partial charge in [-0.1, -0.05) is 0 Å². The molecule has 1 aromatic heterocycles. The van der Waals surface area contributed by atoms with Crippen LogP contribution in [0.4, 0.5) is 13.2 Å². The van der Waals surface area contributed by atoms with Crippen LogP contribution < -0.4 is 4.74 Å². The molecule has 0 fully saturated rings. The molecule has 0 N–H and O–H groups in total. The minimum Gasteiger partial charge on any atom is -0.474 e. The van der Waals surface area contributed by atoms with Gasteiger partial charge in [-0.05, 0) is 78.8 Å². The zero-order chi connectivity index (χ0) is 20.9. The Hall–Kier alpha value is -0.940. The van der Waals surface area contributed by atoms with Crippen LogP contribution in [0.1, 0.15) is 44.5 Å². The first-order valence-corrected chi connectivity index (χ1v) is 11.4. The molecule has 0 saturated carbocycles. The molecule has 0 radical (unpaired) electrons. The van der Waals surface area contributed by atoms with E-state index in [4.69, 9.17) is 9.47 Å². The van der Waals surface area contributed by atoms with Crippen LogP contribution in [0.15, 0.2) is 24.3 Å². The minimum absolute atomic E-state index is 0.136. The molecule has 9 heteroatoms. The molecule has 0 spiro atoms. The summed E-state index contributed by atoms with van der Waals surface area (Å²) in [6, 6.07) is 7.05. The summed E-state index contributed by atoms with van der Waals surface area (Å²) in [7, 11) is 0. The van der Waals surface area contributed by atoms with Gasteiger partial charge in [0.25, 0.3) is 0 Å². The van der Waals surface area contributed by atoms with Gasteiger partial charge in [-0.2, -0.15) is 13.2 Å². The molecule has 0 amide bonds. The molecule has 28 heavy (non-hydrogen) atoms. The van der Waals surface area contributed by atoms with Gasteiger partial charge in [-0.15, -0.1) is 23.1 Å². The van der Waals surface area contributed by atoms with Gasteiger partial charge in [0.15, 0.2) is 5.44 Å². The largest absolute Gasteiger partial charge is 0.474 e. The zero-order valence-electron chi connectivity index (χ0n) is 15.6. The minimum atomic E-state index is -4.22. The van der Waals surface area contributed by atoms with E-state index in [0.29, 0.717) is 15.5 Å². The van der Waals surface area contributed by atoms with E-state index in [1.165, 1.54) is 11.3 Å². The molecule has 0 aliphatic carbocycles. The van der Waals surface area contributed by atoms with Gasteiger partial charge in [0.1, 0.15) is 10.6 Å². The Bertz CT molecular complexity index is 798. The van der Waals surface area contributed by atoms with Crippen molar-refractivity contribution in [2.24, 2.45) is 0 Å². The second kappa shape index (κ2) is 10.2. The number of benzene rings is 1. The van der Waals surface area contributed by atoms with E-state index in [2.05, 4.69) is 22.6 Å². The maximum Gasteiger partial charge on any atom is 0.389 e. The number of alkyl halides is 3. The Kier molecular flexibility index (Phi) is 8.50. The smallest absolute Gasteiger partial charge is 0.389 e. The highest BCUT2D eigenvalue weighted by Crippen LogP contribution is 2.38. The number of ether oxygens (including phenoxy) is 2. The van der Waals surface area contributed by atoms with E-state index < -0.39 is 24.0 Å². The van der Waals surface area contributed by atoms with E-state index in [0.717, 1.165) is 26.5 Å². The average molecular weight is 544 g/mol. The third kappa shape index (κ3) is 6.84. The fourth-order valence-corrected chi connectivity index (χ4v) is 4.80. The Balaban J connectivity index is 2.23. The molecule has 1 atom stereocenters. The van der Waals surface area contributed by atoms with Crippen LogP contribution in [0, 0.1) is 17.4 Å². The molecule has 0 aliphatic heterocycles. The van der Waals surface area contributed by atoms with E-state index >= 15 is 0 Å².